The standard InChI is InChI=1S/C24H25BrN2S/c1-15-3-5-16(6-4-15)20-13-19-11-12-21(27(19)2)23(20)24-26-14-22(28-24)17-7-9-18(25)10-8-17/h3-10,14,19-21,23H,11-13H2,1-2H3/t19-,20+,21+,23-/m0/s1. The Hall–Kier alpha value is -1.49. The van der Waals surface area contributed by atoms with Gasteiger partial charge >= 0.3 is 0 Å². The highest BCUT2D eigenvalue weighted by molar-refractivity contribution is 9.10. The lowest BCUT2D eigenvalue weighted by molar-refractivity contribution is 0.137. The molecular formula is C24H25BrN2S. The molecular weight excluding hydrogens is 428 g/mol. The lowest BCUT2D eigenvalue weighted by Crippen LogP contribution is -2.44. The van der Waals surface area contributed by atoms with Crippen LogP contribution in [0.3, 0.4) is 0 Å². The van der Waals surface area contributed by atoms with Crippen LogP contribution < -0.4 is 0 Å². The Balaban J connectivity index is 1.53. The van der Waals surface area contributed by atoms with Crippen molar-refractivity contribution in [3.05, 3.63) is 75.3 Å². The van der Waals surface area contributed by atoms with Gasteiger partial charge in [-0.15, -0.1) is 11.3 Å². The van der Waals surface area contributed by atoms with Gasteiger partial charge in [0.2, 0.25) is 0 Å². The van der Waals surface area contributed by atoms with Crippen molar-refractivity contribution in [1.82, 2.24) is 9.88 Å². The lowest BCUT2D eigenvalue weighted by Gasteiger charge is -2.42. The largest absolute Gasteiger partial charge is 0.300 e. The van der Waals surface area contributed by atoms with Crippen LogP contribution in [0, 0.1) is 6.92 Å². The van der Waals surface area contributed by atoms with Gasteiger partial charge in [0.25, 0.3) is 0 Å². The van der Waals surface area contributed by atoms with Crippen LogP contribution in [0.4, 0.5) is 0 Å². The highest BCUT2D eigenvalue weighted by atomic mass is 79.9. The van der Waals surface area contributed by atoms with E-state index in [1.165, 1.54) is 45.8 Å². The van der Waals surface area contributed by atoms with Crippen LogP contribution in [0.2, 0.25) is 0 Å². The number of aryl methyl sites for hydroxylation is 1. The van der Waals surface area contributed by atoms with Gasteiger partial charge in [0.15, 0.2) is 0 Å². The van der Waals surface area contributed by atoms with Gasteiger partial charge in [0.1, 0.15) is 0 Å². The van der Waals surface area contributed by atoms with Gasteiger partial charge in [-0.3, -0.25) is 4.90 Å². The van der Waals surface area contributed by atoms with Gasteiger partial charge in [0.05, 0.1) is 9.88 Å². The van der Waals surface area contributed by atoms with E-state index in [1.54, 1.807) is 0 Å². The minimum Gasteiger partial charge on any atom is -0.300 e. The smallest absolute Gasteiger partial charge is 0.0983 e. The Morgan fingerprint density at radius 2 is 1.79 bits per heavy atom. The predicted molar refractivity (Wildman–Crippen MR) is 121 cm³/mol. The van der Waals surface area contributed by atoms with E-state index in [1.807, 2.05) is 11.3 Å². The molecule has 2 saturated heterocycles. The van der Waals surface area contributed by atoms with Crippen LogP contribution in [0.15, 0.2) is 59.2 Å². The Morgan fingerprint density at radius 3 is 2.54 bits per heavy atom. The first-order valence-electron chi connectivity index (χ1n) is 10.1. The predicted octanol–water partition coefficient (Wildman–Crippen LogP) is 6.61. The quantitative estimate of drug-likeness (QED) is 0.443. The van der Waals surface area contributed by atoms with Crippen LogP contribution in [0.25, 0.3) is 10.4 Å². The maximum atomic E-state index is 4.96. The fourth-order valence-electron chi connectivity index (χ4n) is 5.15. The minimum absolute atomic E-state index is 0.487. The second kappa shape index (κ2) is 7.40. The fourth-order valence-corrected chi connectivity index (χ4v) is 6.56. The highest BCUT2D eigenvalue weighted by Gasteiger charge is 2.47. The first-order chi connectivity index (χ1) is 13.6. The molecule has 2 aliphatic rings. The maximum Gasteiger partial charge on any atom is 0.0983 e. The molecule has 3 heterocycles. The summed E-state index contributed by atoms with van der Waals surface area (Å²) in [4.78, 5) is 8.87. The number of rotatable bonds is 3. The molecule has 0 aliphatic carbocycles. The fraction of sp³-hybridized carbons (Fsp3) is 0.375. The van der Waals surface area contributed by atoms with E-state index in [9.17, 15) is 0 Å². The summed E-state index contributed by atoms with van der Waals surface area (Å²) in [6.07, 6.45) is 5.94. The molecule has 2 fully saturated rings. The van der Waals surface area contributed by atoms with Gasteiger partial charge in [-0.25, -0.2) is 4.98 Å². The van der Waals surface area contributed by atoms with Gasteiger partial charge < -0.3 is 0 Å². The van der Waals surface area contributed by atoms with Crippen molar-refractivity contribution in [3.63, 3.8) is 0 Å². The number of thiazole rings is 1. The van der Waals surface area contributed by atoms with Crippen LogP contribution in [-0.4, -0.2) is 29.0 Å². The molecule has 0 radical (unpaired) electrons. The molecule has 0 unspecified atom stereocenters. The molecule has 2 nitrogen and oxygen atoms in total. The van der Waals surface area contributed by atoms with E-state index in [0.29, 0.717) is 17.9 Å². The van der Waals surface area contributed by atoms with Crippen molar-refractivity contribution < 1.29 is 0 Å². The Bertz CT molecular complexity index is 963. The summed E-state index contributed by atoms with van der Waals surface area (Å²) >= 11 is 5.42. The third kappa shape index (κ3) is 3.26. The van der Waals surface area contributed by atoms with E-state index < -0.39 is 0 Å². The van der Waals surface area contributed by atoms with Gasteiger partial charge in [-0.1, -0.05) is 57.9 Å². The van der Waals surface area contributed by atoms with Crippen molar-refractivity contribution in [2.75, 3.05) is 7.05 Å². The van der Waals surface area contributed by atoms with E-state index in [4.69, 9.17) is 4.98 Å². The first kappa shape index (κ1) is 18.5. The van der Waals surface area contributed by atoms with E-state index in [2.05, 4.69) is 89.5 Å². The number of piperidine rings is 1. The summed E-state index contributed by atoms with van der Waals surface area (Å²) in [5, 5.41) is 1.31. The molecule has 0 N–H and O–H groups in total. The highest BCUT2D eigenvalue weighted by Crippen LogP contribution is 2.52. The average molecular weight is 453 g/mol. The topological polar surface area (TPSA) is 16.1 Å². The number of benzene rings is 2. The van der Waals surface area contributed by atoms with Crippen molar-refractivity contribution in [2.24, 2.45) is 0 Å². The molecule has 1 aromatic heterocycles. The van der Waals surface area contributed by atoms with E-state index in [-0.39, 0.29) is 0 Å². The zero-order chi connectivity index (χ0) is 19.3. The summed E-state index contributed by atoms with van der Waals surface area (Å²) in [7, 11) is 2.32. The lowest BCUT2D eigenvalue weighted by atomic mass is 9.76. The number of nitrogens with zero attached hydrogens (tertiary/aromatic N) is 2. The Labute approximate surface area is 179 Å². The molecule has 144 valence electrons. The third-order valence-corrected chi connectivity index (χ3v) is 8.39. The molecule has 3 aromatic rings. The van der Waals surface area contributed by atoms with Crippen molar-refractivity contribution in [2.45, 2.75) is 50.1 Å². The molecule has 2 aliphatic heterocycles. The zero-order valence-corrected chi connectivity index (χ0v) is 18.7. The van der Waals surface area contributed by atoms with Crippen molar-refractivity contribution in [1.29, 1.82) is 0 Å². The number of hydrogen-bond acceptors (Lipinski definition) is 3. The molecule has 4 heteroatoms. The Morgan fingerprint density at radius 1 is 1.04 bits per heavy atom. The summed E-state index contributed by atoms with van der Waals surface area (Å²) in [5.41, 5.74) is 4.08. The molecule has 0 saturated carbocycles. The van der Waals surface area contributed by atoms with Crippen LogP contribution in [0.5, 0.6) is 0 Å². The summed E-state index contributed by atoms with van der Waals surface area (Å²) in [6.45, 7) is 2.17. The minimum atomic E-state index is 0.487. The zero-order valence-electron chi connectivity index (χ0n) is 16.3. The number of halogens is 1. The second-order valence-electron chi connectivity index (χ2n) is 8.31. The van der Waals surface area contributed by atoms with E-state index >= 15 is 0 Å². The molecule has 0 spiro atoms. The molecule has 4 atom stereocenters. The van der Waals surface area contributed by atoms with Crippen LogP contribution >= 0.6 is 27.3 Å². The number of fused-ring (bicyclic) bond motifs is 2. The number of hydrogen-bond donors (Lipinski definition) is 0. The molecule has 28 heavy (non-hydrogen) atoms. The SMILES string of the molecule is Cc1ccc([C@H]2C[C@@H]3CC[C@H]([C@H]2c2ncc(-c4ccc(Br)cc4)s2)N3C)cc1. The van der Waals surface area contributed by atoms with E-state index in [0.717, 1.165) is 10.5 Å². The van der Waals surface area contributed by atoms with Crippen molar-refractivity contribution >= 4 is 27.3 Å². The van der Waals surface area contributed by atoms with Gasteiger partial charge in [0, 0.05) is 28.7 Å². The van der Waals surface area contributed by atoms with Gasteiger partial charge in [-0.05, 0) is 62.4 Å². The first-order valence-corrected chi connectivity index (χ1v) is 11.7. The summed E-state index contributed by atoms with van der Waals surface area (Å²) < 4.78 is 1.12. The summed E-state index contributed by atoms with van der Waals surface area (Å²) in [6, 6.07) is 19.1. The normalized spacial score (nSPS) is 27.2. The Kier molecular flexibility index (Phi) is 4.90. The number of likely N-dealkylation sites (N-methyl/N-ethyl adjacent to an activating group) is 1. The molecule has 2 aromatic carbocycles. The monoisotopic (exact) mass is 452 g/mol. The number of aromatic nitrogens is 1. The molecule has 2 bridgehead atoms. The average Bonchev–Trinajstić information content (AvgIpc) is 3.26. The second-order valence-corrected chi connectivity index (χ2v) is 10.3. The van der Waals surface area contributed by atoms with Crippen LogP contribution in [-0.2, 0) is 0 Å². The molecule has 0 amide bonds. The van der Waals surface area contributed by atoms with Gasteiger partial charge in [-0.2, -0.15) is 0 Å². The summed E-state index contributed by atoms with van der Waals surface area (Å²) in [5.74, 6) is 1.05. The maximum absolute atomic E-state index is 4.96. The van der Waals surface area contributed by atoms with Crippen LogP contribution in [0.1, 0.15) is 47.2 Å². The van der Waals surface area contributed by atoms with Crippen molar-refractivity contribution in [3.8, 4) is 10.4 Å². The molecule has 5 rings (SSSR count). The third-order valence-electron chi connectivity index (χ3n) is 6.71.